The minimum atomic E-state index is -0.469. The maximum atomic E-state index is 12.2. The number of ketones is 1. The van der Waals surface area contributed by atoms with Crippen molar-refractivity contribution < 1.29 is 14.5 Å². The van der Waals surface area contributed by atoms with Gasteiger partial charge in [-0.1, -0.05) is 43.5 Å². The van der Waals surface area contributed by atoms with Crippen molar-refractivity contribution in [3.63, 3.8) is 0 Å². The lowest BCUT2D eigenvalue weighted by Crippen LogP contribution is -2.12. The molecule has 5 heteroatoms. The predicted molar refractivity (Wildman–Crippen MR) is 95.2 cm³/mol. The normalized spacial score (nSPS) is 14.9. The van der Waals surface area contributed by atoms with Crippen LogP contribution in [0.5, 0.6) is 5.75 Å². The van der Waals surface area contributed by atoms with Gasteiger partial charge < -0.3 is 4.74 Å². The third-order valence-electron chi connectivity index (χ3n) is 4.73. The molecule has 2 aromatic rings. The first-order valence-corrected chi connectivity index (χ1v) is 8.64. The van der Waals surface area contributed by atoms with E-state index in [4.69, 9.17) is 4.74 Å². The van der Waals surface area contributed by atoms with E-state index in [-0.39, 0.29) is 18.1 Å². The molecule has 130 valence electrons. The summed E-state index contributed by atoms with van der Waals surface area (Å²) in [4.78, 5) is 22.4. The van der Waals surface area contributed by atoms with Crippen LogP contribution >= 0.6 is 0 Å². The minimum Gasteiger partial charge on any atom is -0.485 e. The van der Waals surface area contributed by atoms with Gasteiger partial charge in [0.25, 0.3) is 5.69 Å². The van der Waals surface area contributed by atoms with Gasteiger partial charge in [-0.3, -0.25) is 14.9 Å². The number of nitrogens with zero attached hydrogens (tertiary/aromatic N) is 1. The Morgan fingerprint density at radius 3 is 2.24 bits per heavy atom. The fourth-order valence-corrected chi connectivity index (χ4v) is 3.27. The van der Waals surface area contributed by atoms with Gasteiger partial charge in [-0.25, -0.2) is 0 Å². The Bertz CT molecular complexity index is 731. The monoisotopic (exact) mass is 339 g/mol. The van der Waals surface area contributed by atoms with Gasteiger partial charge >= 0.3 is 0 Å². The van der Waals surface area contributed by atoms with Gasteiger partial charge in [0.05, 0.1) is 4.92 Å². The highest BCUT2D eigenvalue weighted by Crippen LogP contribution is 2.32. The first-order chi connectivity index (χ1) is 12.1. The zero-order valence-corrected chi connectivity index (χ0v) is 14.0. The highest BCUT2D eigenvalue weighted by atomic mass is 16.6. The molecule has 0 aliphatic heterocycles. The average Bonchev–Trinajstić information content (AvgIpc) is 2.67. The summed E-state index contributed by atoms with van der Waals surface area (Å²) in [6.07, 6.45) is 6.36. The molecule has 0 unspecified atom stereocenters. The Balaban J connectivity index is 1.56. The summed E-state index contributed by atoms with van der Waals surface area (Å²) in [6, 6.07) is 13.5. The molecule has 0 N–H and O–H groups in total. The SMILES string of the molecule is O=C(COc1ccc([N+](=O)[O-])cc1)c1ccc(C2CCCCC2)cc1. The number of nitro groups is 1. The molecule has 0 aromatic heterocycles. The van der Waals surface area contributed by atoms with Gasteiger partial charge in [-0.05, 0) is 36.5 Å². The lowest BCUT2D eigenvalue weighted by molar-refractivity contribution is -0.384. The van der Waals surface area contributed by atoms with Crippen molar-refractivity contribution in [1.82, 2.24) is 0 Å². The minimum absolute atomic E-state index is 0.00280. The van der Waals surface area contributed by atoms with Crippen LogP contribution in [-0.4, -0.2) is 17.3 Å². The van der Waals surface area contributed by atoms with E-state index in [0.29, 0.717) is 17.2 Å². The van der Waals surface area contributed by atoms with Crippen LogP contribution < -0.4 is 4.74 Å². The number of rotatable bonds is 6. The summed E-state index contributed by atoms with van der Waals surface area (Å²) in [7, 11) is 0. The van der Waals surface area contributed by atoms with Crippen LogP contribution in [0.3, 0.4) is 0 Å². The molecule has 0 radical (unpaired) electrons. The largest absolute Gasteiger partial charge is 0.485 e. The van der Waals surface area contributed by atoms with E-state index in [2.05, 4.69) is 12.1 Å². The van der Waals surface area contributed by atoms with Crippen LogP contribution in [0.2, 0.25) is 0 Å². The van der Waals surface area contributed by atoms with Gasteiger partial charge in [-0.15, -0.1) is 0 Å². The zero-order chi connectivity index (χ0) is 17.6. The Labute approximate surface area is 146 Å². The van der Waals surface area contributed by atoms with Crippen LogP contribution in [0, 0.1) is 10.1 Å². The lowest BCUT2D eigenvalue weighted by Gasteiger charge is -2.22. The van der Waals surface area contributed by atoms with E-state index < -0.39 is 4.92 Å². The van der Waals surface area contributed by atoms with Crippen molar-refractivity contribution in [1.29, 1.82) is 0 Å². The summed E-state index contributed by atoms with van der Waals surface area (Å²) in [5, 5.41) is 10.6. The Kier molecular flexibility index (Phi) is 5.43. The van der Waals surface area contributed by atoms with Crippen molar-refractivity contribution in [3.8, 4) is 5.75 Å². The van der Waals surface area contributed by atoms with Gasteiger partial charge in [0.15, 0.2) is 12.4 Å². The summed E-state index contributed by atoms with van der Waals surface area (Å²) in [5.41, 5.74) is 1.94. The average molecular weight is 339 g/mol. The number of benzene rings is 2. The van der Waals surface area contributed by atoms with E-state index in [1.54, 1.807) is 0 Å². The molecule has 0 heterocycles. The van der Waals surface area contributed by atoms with Crippen molar-refractivity contribution in [2.45, 2.75) is 38.0 Å². The predicted octanol–water partition coefficient (Wildman–Crippen LogP) is 4.90. The molecule has 3 rings (SSSR count). The number of non-ortho nitro benzene ring substituents is 1. The summed E-state index contributed by atoms with van der Waals surface area (Å²) in [6.45, 7) is -0.0828. The van der Waals surface area contributed by atoms with Gasteiger partial charge in [0, 0.05) is 17.7 Å². The first kappa shape index (κ1) is 17.1. The molecular formula is C20H21NO4. The zero-order valence-electron chi connectivity index (χ0n) is 14.0. The molecule has 25 heavy (non-hydrogen) atoms. The van der Waals surface area contributed by atoms with Crippen molar-refractivity contribution in [2.24, 2.45) is 0 Å². The second kappa shape index (κ2) is 7.92. The summed E-state index contributed by atoms with van der Waals surface area (Å²) < 4.78 is 5.43. The molecule has 0 spiro atoms. The van der Waals surface area contributed by atoms with Crippen LogP contribution in [0.15, 0.2) is 48.5 Å². The van der Waals surface area contributed by atoms with E-state index >= 15 is 0 Å². The van der Waals surface area contributed by atoms with Crippen LogP contribution in [-0.2, 0) is 0 Å². The molecule has 0 atom stereocenters. The summed E-state index contributed by atoms with van der Waals surface area (Å²) in [5.74, 6) is 0.959. The molecule has 5 nitrogen and oxygen atoms in total. The second-order valence-corrected chi connectivity index (χ2v) is 6.42. The number of carbonyl (C=O) groups is 1. The highest BCUT2D eigenvalue weighted by molar-refractivity contribution is 5.97. The Morgan fingerprint density at radius 2 is 1.64 bits per heavy atom. The van der Waals surface area contributed by atoms with E-state index in [0.717, 1.165) is 0 Å². The molecule has 0 saturated heterocycles. The van der Waals surface area contributed by atoms with Gasteiger partial charge in [-0.2, -0.15) is 0 Å². The standard InChI is InChI=1S/C20H21NO4/c22-20(14-25-19-12-10-18(11-13-19)21(23)24)17-8-6-16(7-9-17)15-4-2-1-3-5-15/h6-13,15H,1-5,14H2. The lowest BCUT2D eigenvalue weighted by atomic mass is 9.84. The fourth-order valence-electron chi connectivity index (χ4n) is 3.27. The maximum absolute atomic E-state index is 12.2. The smallest absolute Gasteiger partial charge is 0.269 e. The number of carbonyl (C=O) groups excluding carboxylic acids is 1. The third-order valence-corrected chi connectivity index (χ3v) is 4.73. The van der Waals surface area contributed by atoms with Crippen LogP contribution in [0.4, 0.5) is 5.69 Å². The highest BCUT2D eigenvalue weighted by Gasteiger charge is 2.16. The molecule has 2 aromatic carbocycles. The topological polar surface area (TPSA) is 69.4 Å². The molecule has 0 amide bonds. The first-order valence-electron chi connectivity index (χ1n) is 8.64. The van der Waals surface area contributed by atoms with E-state index in [9.17, 15) is 14.9 Å². The van der Waals surface area contributed by atoms with Crippen molar-refractivity contribution >= 4 is 11.5 Å². The number of hydrogen-bond acceptors (Lipinski definition) is 4. The molecule has 1 aliphatic carbocycles. The van der Waals surface area contributed by atoms with Crippen molar-refractivity contribution in [2.75, 3.05) is 6.61 Å². The summed E-state index contributed by atoms with van der Waals surface area (Å²) >= 11 is 0. The Morgan fingerprint density at radius 1 is 1.00 bits per heavy atom. The van der Waals surface area contributed by atoms with E-state index in [1.165, 1.54) is 61.9 Å². The molecule has 1 saturated carbocycles. The fraction of sp³-hybridized carbons (Fsp3) is 0.350. The second-order valence-electron chi connectivity index (χ2n) is 6.42. The van der Waals surface area contributed by atoms with E-state index in [1.807, 2.05) is 12.1 Å². The molecule has 0 bridgehead atoms. The van der Waals surface area contributed by atoms with Gasteiger partial charge in [0.1, 0.15) is 5.75 Å². The molecular weight excluding hydrogens is 318 g/mol. The number of ether oxygens (including phenoxy) is 1. The molecule has 1 aliphatic rings. The van der Waals surface area contributed by atoms with Crippen molar-refractivity contribution in [3.05, 3.63) is 69.8 Å². The Hall–Kier alpha value is -2.69. The van der Waals surface area contributed by atoms with Crippen LogP contribution in [0.1, 0.15) is 53.9 Å². The third kappa shape index (κ3) is 4.44. The number of Topliss-reactive ketones (excluding diaryl/α,β-unsaturated/α-hetero) is 1. The quantitative estimate of drug-likeness (QED) is 0.426. The maximum Gasteiger partial charge on any atom is 0.269 e. The number of nitro benzene ring substituents is 1. The van der Waals surface area contributed by atoms with Crippen LogP contribution in [0.25, 0.3) is 0 Å². The number of hydrogen-bond donors (Lipinski definition) is 0. The van der Waals surface area contributed by atoms with Gasteiger partial charge in [0.2, 0.25) is 0 Å². The molecule has 1 fully saturated rings.